The highest BCUT2D eigenvalue weighted by molar-refractivity contribution is 5.93. The maximum atomic E-state index is 4.68. The van der Waals surface area contributed by atoms with Gasteiger partial charge in [0.2, 0.25) is 0 Å². The quantitative estimate of drug-likeness (QED) is 0.623. The molecular formula is C19H15N5. The van der Waals surface area contributed by atoms with Crippen LogP contribution in [0.4, 0.5) is 5.82 Å². The number of benzene rings is 1. The van der Waals surface area contributed by atoms with Crippen molar-refractivity contribution in [3.05, 3.63) is 67.3 Å². The largest absolute Gasteiger partial charge is 0.373 e. The van der Waals surface area contributed by atoms with Crippen LogP contribution in [-0.4, -0.2) is 27.0 Å². The summed E-state index contributed by atoms with van der Waals surface area (Å²) in [6.45, 7) is 0. The maximum absolute atomic E-state index is 4.68. The second-order valence-corrected chi connectivity index (χ2v) is 5.36. The molecule has 116 valence electrons. The van der Waals surface area contributed by atoms with Gasteiger partial charge < -0.3 is 5.32 Å². The van der Waals surface area contributed by atoms with Crippen LogP contribution >= 0.6 is 0 Å². The molecule has 0 aliphatic carbocycles. The Kier molecular flexibility index (Phi) is 3.59. The lowest BCUT2D eigenvalue weighted by molar-refractivity contribution is 1.20. The third kappa shape index (κ3) is 2.56. The van der Waals surface area contributed by atoms with Crippen LogP contribution in [-0.2, 0) is 0 Å². The molecule has 5 nitrogen and oxygen atoms in total. The number of pyridine rings is 2. The number of fused-ring (bicyclic) bond motifs is 1. The molecule has 1 aromatic carbocycles. The van der Waals surface area contributed by atoms with E-state index >= 15 is 0 Å². The molecule has 5 heteroatoms. The van der Waals surface area contributed by atoms with Gasteiger partial charge >= 0.3 is 0 Å². The highest BCUT2D eigenvalue weighted by Gasteiger charge is 2.10. The van der Waals surface area contributed by atoms with Crippen molar-refractivity contribution < 1.29 is 0 Å². The first-order chi connectivity index (χ1) is 11.8. The number of hydrogen-bond acceptors (Lipinski definition) is 5. The Hall–Kier alpha value is -3.34. The molecular weight excluding hydrogens is 298 g/mol. The Balaban J connectivity index is 1.89. The van der Waals surface area contributed by atoms with Crippen LogP contribution in [0.3, 0.4) is 0 Å². The van der Waals surface area contributed by atoms with Gasteiger partial charge in [-0.25, -0.2) is 9.97 Å². The van der Waals surface area contributed by atoms with Gasteiger partial charge in [-0.3, -0.25) is 9.97 Å². The Labute approximate surface area is 139 Å². The average molecular weight is 313 g/mol. The van der Waals surface area contributed by atoms with Crippen molar-refractivity contribution in [2.24, 2.45) is 0 Å². The standard InChI is InChI=1S/C19H15N5/c1-20-19-16-10-13(14-4-2-8-21-11-14)6-7-17(16)23-18(24-19)15-5-3-9-22-12-15/h2-12H,1H3,(H,20,23,24). The van der Waals surface area contributed by atoms with Crippen LogP contribution in [0.5, 0.6) is 0 Å². The molecule has 0 radical (unpaired) electrons. The SMILES string of the molecule is CNc1nc(-c2cccnc2)nc2ccc(-c3cccnc3)cc12. The molecule has 0 atom stereocenters. The van der Waals surface area contributed by atoms with Gasteiger partial charge in [0.25, 0.3) is 0 Å². The molecule has 1 N–H and O–H groups in total. The molecule has 3 heterocycles. The fraction of sp³-hybridized carbons (Fsp3) is 0.0526. The fourth-order valence-corrected chi connectivity index (χ4v) is 2.66. The zero-order chi connectivity index (χ0) is 16.4. The summed E-state index contributed by atoms with van der Waals surface area (Å²) in [5, 5.41) is 4.15. The zero-order valence-corrected chi connectivity index (χ0v) is 13.1. The van der Waals surface area contributed by atoms with Gasteiger partial charge in [-0.05, 0) is 35.9 Å². The van der Waals surface area contributed by atoms with E-state index in [1.165, 1.54) is 0 Å². The van der Waals surface area contributed by atoms with Crippen molar-refractivity contribution in [2.75, 3.05) is 12.4 Å². The summed E-state index contributed by atoms with van der Waals surface area (Å²) in [5.74, 6) is 1.46. The lowest BCUT2D eigenvalue weighted by Crippen LogP contribution is -1.99. The summed E-state index contributed by atoms with van der Waals surface area (Å²) in [5.41, 5.74) is 3.94. The molecule has 0 unspecified atom stereocenters. The summed E-state index contributed by atoms with van der Waals surface area (Å²) in [6, 6.07) is 14.0. The molecule has 3 aromatic heterocycles. The molecule has 24 heavy (non-hydrogen) atoms. The number of rotatable bonds is 3. The minimum atomic E-state index is 0.661. The van der Waals surface area contributed by atoms with E-state index in [0.29, 0.717) is 5.82 Å². The first-order valence-corrected chi connectivity index (χ1v) is 7.65. The van der Waals surface area contributed by atoms with Gasteiger partial charge in [0.1, 0.15) is 5.82 Å². The second-order valence-electron chi connectivity index (χ2n) is 5.36. The van der Waals surface area contributed by atoms with Crippen LogP contribution in [0.1, 0.15) is 0 Å². The highest BCUT2D eigenvalue weighted by Crippen LogP contribution is 2.28. The number of nitrogens with zero attached hydrogens (tertiary/aromatic N) is 4. The fourth-order valence-electron chi connectivity index (χ4n) is 2.66. The Morgan fingerprint density at radius 3 is 2.21 bits per heavy atom. The summed E-state index contributed by atoms with van der Waals surface area (Å²) in [4.78, 5) is 17.7. The first-order valence-electron chi connectivity index (χ1n) is 7.65. The van der Waals surface area contributed by atoms with Gasteiger partial charge in [0, 0.05) is 48.3 Å². The Morgan fingerprint density at radius 1 is 0.792 bits per heavy atom. The van der Waals surface area contributed by atoms with Crippen molar-refractivity contribution in [3.63, 3.8) is 0 Å². The maximum Gasteiger partial charge on any atom is 0.163 e. The first kappa shape index (κ1) is 14.3. The number of hydrogen-bond donors (Lipinski definition) is 1. The van der Waals surface area contributed by atoms with Crippen molar-refractivity contribution in [3.8, 4) is 22.5 Å². The molecule has 0 aliphatic heterocycles. The van der Waals surface area contributed by atoms with Crippen LogP contribution in [0.25, 0.3) is 33.4 Å². The van der Waals surface area contributed by atoms with Gasteiger partial charge in [-0.2, -0.15) is 0 Å². The zero-order valence-electron chi connectivity index (χ0n) is 13.1. The van der Waals surface area contributed by atoms with E-state index in [-0.39, 0.29) is 0 Å². The summed E-state index contributed by atoms with van der Waals surface area (Å²) in [6.07, 6.45) is 7.13. The topological polar surface area (TPSA) is 63.6 Å². The second kappa shape index (κ2) is 6.04. The summed E-state index contributed by atoms with van der Waals surface area (Å²) >= 11 is 0. The van der Waals surface area contributed by atoms with Crippen LogP contribution < -0.4 is 5.32 Å². The van der Waals surface area contributed by atoms with Gasteiger partial charge in [-0.1, -0.05) is 12.1 Å². The molecule has 0 aliphatic rings. The molecule has 0 fully saturated rings. The molecule has 4 rings (SSSR count). The number of nitrogens with one attached hydrogen (secondary N) is 1. The predicted molar refractivity (Wildman–Crippen MR) is 95.5 cm³/mol. The lowest BCUT2D eigenvalue weighted by Gasteiger charge is -2.10. The summed E-state index contributed by atoms with van der Waals surface area (Å²) in [7, 11) is 1.87. The third-order valence-electron chi connectivity index (χ3n) is 3.85. The summed E-state index contributed by atoms with van der Waals surface area (Å²) < 4.78 is 0. The highest BCUT2D eigenvalue weighted by atomic mass is 15.0. The number of aromatic nitrogens is 4. The molecule has 0 saturated carbocycles. The van der Waals surface area contributed by atoms with Gasteiger partial charge in [0.15, 0.2) is 5.82 Å². The molecule has 0 spiro atoms. The van der Waals surface area contributed by atoms with Crippen molar-refractivity contribution in [2.45, 2.75) is 0 Å². The van der Waals surface area contributed by atoms with E-state index in [2.05, 4.69) is 37.4 Å². The van der Waals surface area contributed by atoms with E-state index in [4.69, 9.17) is 0 Å². The molecule has 0 amide bonds. The van der Waals surface area contributed by atoms with E-state index in [0.717, 1.165) is 33.4 Å². The molecule has 4 aromatic rings. The van der Waals surface area contributed by atoms with E-state index < -0.39 is 0 Å². The van der Waals surface area contributed by atoms with Crippen LogP contribution in [0.15, 0.2) is 67.3 Å². The van der Waals surface area contributed by atoms with Crippen LogP contribution in [0, 0.1) is 0 Å². The van der Waals surface area contributed by atoms with Crippen molar-refractivity contribution in [1.29, 1.82) is 0 Å². The van der Waals surface area contributed by atoms with E-state index in [1.807, 2.05) is 43.6 Å². The normalized spacial score (nSPS) is 10.7. The van der Waals surface area contributed by atoms with Gasteiger partial charge in [-0.15, -0.1) is 0 Å². The minimum absolute atomic E-state index is 0.661. The smallest absolute Gasteiger partial charge is 0.163 e. The Morgan fingerprint density at radius 2 is 1.54 bits per heavy atom. The van der Waals surface area contributed by atoms with Gasteiger partial charge in [0.05, 0.1) is 5.52 Å². The van der Waals surface area contributed by atoms with Crippen molar-refractivity contribution in [1.82, 2.24) is 19.9 Å². The molecule has 0 bridgehead atoms. The average Bonchev–Trinajstić information content (AvgIpc) is 2.68. The minimum Gasteiger partial charge on any atom is -0.373 e. The van der Waals surface area contributed by atoms with E-state index in [1.54, 1.807) is 18.6 Å². The van der Waals surface area contributed by atoms with Crippen LogP contribution in [0.2, 0.25) is 0 Å². The Bertz CT molecular complexity index is 984. The predicted octanol–water partition coefficient (Wildman–Crippen LogP) is 3.80. The third-order valence-corrected chi connectivity index (χ3v) is 3.85. The molecule has 0 saturated heterocycles. The van der Waals surface area contributed by atoms with Crippen molar-refractivity contribution >= 4 is 16.7 Å². The monoisotopic (exact) mass is 313 g/mol. The lowest BCUT2D eigenvalue weighted by atomic mass is 10.1. The van der Waals surface area contributed by atoms with E-state index in [9.17, 15) is 0 Å². The number of anilines is 1.